The SMILES string of the molecule is CCCN1C(=O)Cc2ccccc2[C@@H]1C(=O)N1CCN(c2ccc(OC)cc2)CC1. The van der Waals surface area contributed by atoms with E-state index in [-0.39, 0.29) is 11.8 Å². The first-order valence-corrected chi connectivity index (χ1v) is 10.7. The first-order chi connectivity index (χ1) is 14.6. The first-order valence-electron chi connectivity index (χ1n) is 10.7. The summed E-state index contributed by atoms with van der Waals surface area (Å²) >= 11 is 0. The monoisotopic (exact) mass is 407 g/mol. The number of hydrogen-bond acceptors (Lipinski definition) is 4. The second kappa shape index (κ2) is 8.78. The van der Waals surface area contributed by atoms with Crippen LogP contribution < -0.4 is 9.64 Å². The van der Waals surface area contributed by atoms with Crippen LogP contribution in [0.15, 0.2) is 48.5 Å². The minimum atomic E-state index is -0.505. The molecule has 0 aliphatic carbocycles. The van der Waals surface area contributed by atoms with Gasteiger partial charge in [0.2, 0.25) is 11.8 Å². The van der Waals surface area contributed by atoms with Crippen molar-refractivity contribution >= 4 is 17.5 Å². The number of benzene rings is 2. The first kappa shape index (κ1) is 20.3. The molecule has 1 saturated heterocycles. The maximum absolute atomic E-state index is 13.6. The lowest BCUT2D eigenvalue weighted by atomic mass is 9.91. The highest BCUT2D eigenvalue weighted by Gasteiger charge is 2.39. The van der Waals surface area contributed by atoms with Gasteiger partial charge in [-0.25, -0.2) is 0 Å². The van der Waals surface area contributed by atoms with Crippen LogP contribution in [0.25, 0.3) is 0 Å². The molecule has 2 aliphatic heterocycles. The molecule has 0 radical (unpaired) electrons. The van der Waals surface area contributed by atoms with Crippen LogP contribution in [0.4, 0.5) is 5.69 Å². The topological polar surface area (TPSA) is 53.1 Å². The molecule has 1 fully saturated rings. The predicted molar refractivity (Wildman–Crippen MR) is 117 cm³/mol. The quantitative estimate of drug-likeness (QED) is 0.765. The number of amides is 2. The summed E-state index contributed by atoms with van der Waals surface area (Å²) < 4.78 is 5.24. The fourth-order valence-corrected chi connectivity index (χ4v) is 4.45. The van der Waals surface area contributed by atoms with Crippen LogP contribution in [0.3, 0.4) is 0 Å². The molecule has 4 rings (SSSR count). The van der Waals surface area contributed by atoms with Gasteiger partial charge in [-0.15, -0.1) is 0 Å². The van der Waals surface area contributed by atoms with Gasteiger partial charge >= 0.3 is 0 Å². The van der Waals surface area contributed by atoms with Crippen molar-refractivity contribution in [2.75, 3.05) is 44.7 Å². The molecule has 6 nitrogen and oxygen atoms in total. The molecule has 0 aromatic heterocycles. The van der Waals surface area contributed by atoms with Gasteiger partial charge in [0.05, 0.1) is 13.5 Å². The van der Waals surface area contributed by atoms with E-state index in [1.54, 1.807) is 12.0 Å². The maximum Gasteiger partial charge on any atom is 0.250 e. The number of methoxy groups -OCH3 is 1. The van der Waals surface area contributed by atoms with Crippen LogP contribution in [-0.4, -0.2) is 61.4 Å². The van der Waals surface area contributed by atoms with Crippen LogP contribution in [0.1, 0.15) is 30.5 Å². The van der Waals surface area contributed by atoms with Crippen molar-refractivity contribution in [3.63, 3.8) is 0 Å². The summed E-state index contributed by atoms with van der Waals surface area (Å²) in [5, 5.41) is 0. The normalized spacial score (nSPS) is 18.9. The zero-order chi connectivity index (χ0) is 21.1. The molecule has 0 bridgehead atoms. The lowest BCUT2D eigenvalue weighted by Gasteiger charge is -2.42. The molecule has 0 spiro atoms. The van der Waals surface area contributed by atoms with Crippen molar-refractivity contribution in [2.45, 2.75) is 25.8 Å². The number of rotatable bonds is 5. The van der Waals surface area contributed by atoms with Crippen LogP contribution in [0, 0.1) is 0 Å². The van der Waals surface area contributed by atoms with E-state index in [1.807, 2.05) is 48.2 Å². The molecule has 6 heteroatoms. The van der Waals surface area contributed by atoms with E-state index in [0.717, 1.165) is 42.1 Å². The maximum atomic E-state index is 13.6. The van der Waals surface area contributed by atoms with Gasteiger partial charge in [-0.05, 0) is 41.8 Å². The zero-order valence-corrected chi connectivity index (χ0v) is 17.7. The number of hydrogen-bond donors (Lipinski definition) is 0. The zero-order valence-electron chi connectivity index (χ0n) is 17.7. The molecule has 30 heavy (non-hydrogen) atoms. The van der Waals surface area contributed by atoms with Gasteiger partial charge in [0.15, 0.2) is 0 Å². The summed E-state index contributed by atoms with van der Waals surface area (Å²) in [6.45, 7) is 5.50. The molecule has 0 N–H and O–H groups in total. The minimum absolute atomic E-state index is 0.0401. The number of nitrogens with zero attached hydrogens (tertiary/aromatic N) is 3. The molecular formula is C24H29N3O3. The third kappa shape index (κ3) is 3.86. The molecule has 0 saturated carbocycles. The molecule has 2 aromatic carbocycles. The summed E-state index contributed by atoms with van der Waals surface area (Å²) in [7, 11) is 1.66. The molecule has 2 aliphatic rings. The smallest absolute Gasteiger partial charge is 0.250 e. The molecule has 158 valence electrons. The highest BCUT2D eigenvalue weighted by atomic mass is 16.5. The van der Waals surface area contributed by atoms with Crippen molar-refractivity contribution < 1.29 is 14.3 Å². The van der Waals surface area contributed by atoms with Crippen molar-refractivity contribution in [1.82, 2.24) is 9.80 Å². The number of ether oxygens (including phenoxy) is 1. The van der Waals surface area contributed by atoms with E-state index in [9.17, 15) is 9.59 Å². The Morgan fingerprint density at radius 2 is 1.73 bits per heavy atom. The van der Waals surface area contributed by atoms with Gasteiger partial charge in [-0.2, -0.15) is 0 Å². The average Bonchev–Trinajstić information content (AvgIpc) is 2.79. The lowest BCUT2D eigenvalue weighted by molar-refractivity contribution is -0.147. The second-order valence-electron chi connectivity index (χ2n) is 7.88. The fourth-order valence-electron chi connectivity index (χ4n) is 4.45. The molecule has 2 aromatic rings. The minimum Gasteiger partial charge on any atom is -0.497 e. The van der Waals surface area contributed by atoms with E-state index in [2.05, 4.69) is 17.0 Å². The van der Waals surface area contributed by atoms with Gasteiger partial charge < -0.3 is 19.4 Å². The van der Waals surface area contributed by atoms with Crippen LogP contribution >= 0.6 is 0 Å². The Hall–Kier alpha value is -3.02. The largest absolute Gasteiger partial charge is 0.497 e. The van der Waals surface area contributed by atoms with Gasteiger partial charge in [0.25, 0.3) is 0 Å². The standard InChI is InChI=1S/C24H29N3O3/c1-3-12-27-22(28)17-18-6-4-5-7-21(18)23(27)24(29)26-15-13-25(14-16-26)19-8-10-20(30-2)11-9-19/h4-11,23H,3,12-17H2,1-2H3/t23-/m1/s1. The Labute approximate surface area is 178 Å². The van der Waals surface area contributed by atoms with E-state index in [4.69, 9.17) is 4.74 Å². The highest BCUT2D eigenvalue weighted by Crippen LogP contribution is 2.32. The number of anilines is 1. The number of carbonyl (C=O) groups is 2. The number of piperazine rings is 1. The fraction of sp³-hybridized carbons (Fsp3) is 0.417. The molecule has 2 heterocycles. The van der Waals surface area contributed by atoms with Crippen molar-refractivity contribution in [2.24, 2.45) is 0 Å². The van der Waals surface area contributed by atoms with E-state index < -0.39 is 6.04 Å². The third-order valence-electron chi connectivity index (χ3n) is 6.05. The average molecular weight is 408 g/mol. The van der Waals surface area contributed by atoms with Gasteiger partial charge in [0, 0.05) is 38.4 Å². The Morgan fingerprint density at radius 1 is 1.03 bits per heavy atom. The Kier molecular flexibility index (Phi) is 5.93. The predicted octanol–water partition coefficient (Wildman–Crippen LogP) is 2.88. The summed E-state index contributed by atoms with van der Waals surface area (Å²) in [4.78, 5) is 32.3. The lowest BCUT2D eigenvalue weighted by Crippen LogP contribution is -2.54. The Morgan fingerprint density at radius 3 is 2.40 bits per heavy atom. The van der Waals surface area contributed by atoms with Crippen LogP contribution in [-0.2, 0) is 16.0 Å². The summed E-state index contributed by atoms with van der Waals surface area (Å²) in [5.41, 5.74) is 3.09. The van der Waals surface area contributed by atoms with Crippen molar-refractivity contribution in [3.8, 4) is 5.75 Å². The van der Waals surface area contributed by atoms with Crippen LogP contribution in [0.5, 0.6) is 5.75 Å². The van der Waals surface area contributed by atoms with Crippen molar-refractivity contribution in [1.29, 1.82) is 0 Å². The Bertz CT molecular complexity index is 904. The number of carbonyl (C=O) groups excluding carboxylic acids is 2. The Balaban J connectivity index is 1.50. The van der Waals surface area contributed by atoms with Gasteiger partial charge in [-0.1, -0.05) is 31.2 Å². The summed E-state index contributed by atoms with van der Waals surface area (Å²) in [6.07, 6.45) is 1.22. The molecule has 0 unspecified atom stereocenters. The van der Waals surface area contributed by atoms with Crippen molar-refractivity contribution in [3.05, 3.63) is 59.7 Å². The third-order valence-corrected chi connectivity index (χ3v) is 6.05. The van der Waals surface area contributed by atoms with Gasteiger partial charge in [0.1, 0.15) is 11.8 Å². The van der Waals surface area contributed by atoms with Gasteiger partial charge in [-0.3, -0.25) is 9.59 Å². The van der Waals surface area contributed by atoms with E-state index in [1.165, 1.54) is 0 Å². The highest BCUT2D eigenvalue weighted by molar-refractivity contribution is 5.92. The summed E-state index contributed by atoms with van der Waals surface area (Å²) in [5.74, 6) is 0.924. The second-order valence-corrected chi connectivity index (χ2v) is 7.88. The van der Waals surface area contributed by atoms with Crippen LogP contribution in [0.2, 0.25) is 0 Å². The molecule has 1 atom stereocenters. The number of fused-ring (bicyclic) bond motifs is 1. The molecule has 2 amide bonds. The van der Waals surface area contributed by atoms with E-state index in [0.29, 0.717) is 26.1 Å². The van der Waals surface area contributed by atoms with E-state index >= 15 is 0 Å². The molecular weight excluding hydrogens is 378 g/mol. The summed E-state index contributed by atoms with van der Waals surface area (Å²) in [6, 6.07) is 15.4.